The molecule has 1 heterocycles. The number of carbonyl (C=O) groups is 2. The van der Waals surface area contributed by atoms with Gasteiger partial charge < -0.3 is 10.6 Å². The number of rotatable bonds is 9. The third-order valence-corrected chi connectivity index (χ3v) is 5.64. The van der Waals surface area contributed by atoms with Crippen LogP contribution in [0.3, 0.4) is 0 Å². The lowest BCUT2D eigenvalue weighted by atomic mass is 9.96. The highest BCUT2D eigenvalue weighted by atomic mass is 19.1. The SMILES string of the molecule is CC[C@H](CNC(=O)CN1CCN(CC(=O)Nc2ccc(F)cc2)CC1)c1ccccc1. The molecule has 2 amide bonds. The zero-order chi connectivity index (χ0) is 22.1. The van der Waals surface area contributed by atoms with Gasteiger partial charge in [0.25, 0.3) is 0 Å². The van der Waals surface area contributed by atoms with E-state index in [1.807, 2.05) is 18.2 Å². The van der Waals surface area contributed by atoms with Gasteiger partial charge in [-0.05, 0) is 36.2 Å². The minimum absolute atomic E-state index is 0.0388. The van der Waals surface area contributed by atoms with Gasteiger partial charge in [0.2, 0.25) is 11.8 Å². The maximum atomic E-state index is 13.0. The van der Waals surface area contributed by atoms with E-state index in [2.05, 4.69) is 39.5 Å². The van der Waals surface area contributed by atoms with Gasteiger partial charge in [-0.2, -0.15) is 0 Å². The molecular formula is C24H31FN4O2. The maximum Gasteiger partial charge on any atom is 0.238 e. The Labute approximate surface area is 183 Å². The smallest absolute Gasteiger partial charge is 0.238 e. The van der Waals surface area contributed by atoms with Crippen molar-refractivity contribution < 1.29 is 14.0 Å². The molecule has 0 saturated carbocycles. The molecule has 0 radical (unpaired) electrons. The van der Waals surface area contributed by atoms with Crippen LogP contribution in [0.2, 0.25) is 0 Å². The highest BCUT2D eigenvalue weighted by Crippen LogP contribution is 2.18. The summed E-state index contributed by atoms with van der Waals surface area (Å²) < 4.78 is 13.0. The summed E-state index contributed by atoms with van der Waals surface area (Å²) in [4.78, 5) is 28.8. The first-order valence-corrected chi connectivity index (χ1v) is 10.8. The van der Waals surface area contributed by atoms with Crippen LogP contribution in [0.25, 0.3) is 0 Å². The van der Waals surface area contributed by atoms with Crippen LogP contribution in [0.15, 0.2) is 54.6 Å². The highest BCUT2D eigenvalue weighted by molar-refractivity contribution is 5.92. The Hall–Kier alpha value is -2.77. The molecule has 2 N–H and O–H groups in total. The third kappa shape index (κ3) is 7.45. The minimum atomic E-state index is -0.330. The molecular weight excluding hydrogens is 395 g/mol. The summed E-state index contributed by atoms with van der Waals surface area (Å²) in [7, 11) is 0. The molecule has 2 aromatic carbocycles. The van der Waals surface area contributed by atoms with Crippen LogP contribution in [0.5, 0.6) is 0 Å². The van der Waals surface area contributed by atoms with Gasteiger partial charge in [0.1, 0.15) is 5.82 Å². The fraction of sp³-hybridized carbons (Fsp3) is 0.417. The predicted octanol–water partition coefficient (Wildman–Crippen LogP) is 2.69. The van der Waals surface area contributed by atoms with Gasteiger partial charge in [0.15, 0.2) is 0 Å². The third-order valence-electron chi connectivity index (χ3n) is 5.64. The Morgan fingerprint density at radius 1 is 0.903 bits per heavy atom. The largest absolute Gasteiger partial charge is 0.354 e. The number of nitrogens with zero attached hydrogens (tertiary/aromatic N) is 2. The van der Waals surface area contributed by atoms with E-state index in [4.69, 9.17) is 0 Å². The lowest BCUT2D eigenvalue weighted by Gasteiger charge is -2.33. The van der Waals surface area contributed by atoms with Crippen molar-refractivity contribution in [1.82, 2.24) is 15.1 Å². The van der Waals surface area contributed by atoms with Crippen LogP contribution >= 0.6 is 0 Å². The molecule has 1 aliphatic rings. The first kappa shape index (κ1) is 22.9. The van der Waals surface area contributed by atoms with Crippen molar-refractivity contribution in [3.05, 3.63) is 66.0 Å². The van der Waals surface area contributed by atoms with E-state index < -0.39 is 0 Å². The number of amides is 2. The van der Waals surface area contributed by atoms with Crippen LogP contribution < -0.4 is 10.6 Å². The molecule has 0 aromatic heterocycles. The zero-order valence-electron chi connectivity index (χ0n) is 18.0. The normalized spacial score (nSPS) is 15.9. The summed E-state index contributed by atoms with van der Waals surface area (Å²) >= 11 is 0. The summed E-state index contributed by atoms with van der Waals surface area (Å²) in [5.74, 6) is -0.0914. The number of nitrogens with one attached hydrogen (secondary N) is 2. The Balaban J connectivity index is 1.35. The van der Waals surface area contributed by atoms with Crippen molar-refractivity contribution in [2.75, 3.05) is 51.1 Å². The molecule has 2 aromatic rings. The molecule has 1 saturated heterocycles. The quantitative estimate of drug-likeness (QED) is 0.647. The summed E-state index contributed by atoms with van der Waals surface area (Å²) in [5.41, 5.74) is 1.83. The molecule has 166 valence electrons. The number of piperazine rings is 1. The lowest BCUT2D eigenvalue weighted by molar-refractivity contribution is -0.123. The number of benzene rings is 2. The molecule has 0 spiro atoms. The van der Waals surface area contributed by atoms with E-state index in [0.29, 0.717) is 24.7 Å². The van der Waals surface area contributed by atoms with Crippen molar-refractivity contribution in [1.29, 1.82) is 0 Å². The van der Waals surface area contributed by atoms with Crippen LogP contribution in [0.4, 0.5) is 10.1 Å². The van der Waals surface area contributed by atoms with Crippen molar-refractivity contribution in [3.63, 3.8) is 0 Å². The number of carbonyl (C=O) groups excluding carboxylic acids is 2. The summed E-state index contributed by atoms with van der Waals surface area (Å²) in [5, 5.41) is 5.85. The maximum absolute atomic E-state index is 13.0. The number of anilines is 1. The van der Waals surface area contributed by atoms with Crippen LogP contribution in [-0.4, -0.2) is 67.4 Å². The van der Waals surface area contributed by atoms with Gasteiger partial charge in [0.05, 0.1) is 13.1 Å². The van der Waals surface area contributed by atoms with Gasteiger partial charge in [-0.1, -0.05) is 37.3 Å². The average Bonchev–Trinajstić information content (AvgIpc) is 2.78. The molecule has 0 unspecified atom stereocenters. The first-order valence-electron chi connectivity index (χ1n) is 10.8. The van der Waals surface area contributed by atoms with Gasteiger partial charge in [-0.25, -0.2) is 4.39 Å². The van der Waals surface area contributed by atoms with Crippen LogP contribution in [0, 0.1) is 5.82 Å². The molecule has 0 aliphatic carbocycles. The van der Waals surface area contributed by atoms with E-state index in [9.17, 15) is 14.0 Å². The van der Waals surface area contributed by atoms with E-state index >= 15 is 0 Å². The Bertz CT molecular complexity index is 836. The second-order valence-corrected chi connectivity index (χ2v) is 7.93. The summed E-state index contributed by atoms with van der Waals surface area (Å²) in [6.07, 6.45) is 0.975. The van der Waals surface area contributed by atoms with E-state index in [1.54, 1.807) is 12.1 Å². The van der Waals surface area contributed by atoms with Crippen molar-refractivity contribution in [3.8, 4) is 0 Å². The van der Waals surface area contributed by atoms with Crippen molar-refractivity contribution in [2.45, 2.75) is 19.3 Å². The molecule has 0 bridgehead atoms. The Kier molecular flexibility index (Phi) is 8.55. The molecule has 31 heavy (non-hydrogen) atoms. The van der Waals surface area contributed by atoms with Crippen LogP contribution in [-0.2, 0) is 9.59 Å². The number of hydrogen-bond donors (Lipinski definition) is 2. The first-order chi connectivity index (χ1) is 15.0. The molecule has 1 aliphatic heterocycles. The van der Waals surface area contributed by atoms with E-state index in [-0.39, 0.29) is 24.2 Å². The fourth-order valence-corrected chi connectivity index (χ4v) is 3.76. The van der Waals surface area contributed by atoms with E-state index in [0.717, 1.165) is 32.6 Å². The van der Waals surface area contributed by atoms with Gasteiger partial charge >= 0.3 is 0 Å². The molecule has 3 rings (SSSR count). The van der Waals surface area contributed by atoms with Gasteiger partial charge in [-0.15, -0.1) is 0 Å². The molecule has 1 fully saturated rings. The second-order valence-electron chi connectivity index (χ2n) is 7.93. The standard InChI is InChI=1S/C24H31FN4O2/c1-2-19(20-6-4-3-5-7-20)16-26-23(30)17-28-12-14-29(15-13-28)18-24(31)27-22-10-8-21(25)9-11-22/h3-11,19H,2,12-18H2,1H3,(H,26,30)(H,27,31)/t19-/m1/s1. The Morgan fingerprint density at radius 3 is 2.06 bits per heavy atom. The van der Waals surface area contributed by atoms with Gasteiger partial charge in [0, 0.05) is 44.3 Å². The molecule has 6 nitrogen and oxygen atoms in total. The highest BCUT2D eigenvalue weighted by Gasteiger charge is 2.21. The topological polar surface area (TPSA) is 64.7 Å². The average molecular weight is 427 g/mol. The van der Waals surface area contributed by atoms with Crippen molar-refractivity contribution >= 4 is 17.5 Å². The summed E-state index contributed by atoms with van der Waals surface area (Å²) in [6, 6.07) is 16.0. The van der Waals surface area contributed by atoms with Gasteiger partial charge in [-0.3, -0.25) is 19.4 Å². The fourth-order valence-electron chi connectivity index (χ4n) is 3.76. The summed E-state index contributed by atoms with van der Waals surface area (Å²) in [6.45, 7) is 6.38. The van der Waals surface area contributed by atoms with Crippen molar-refractivity contribution in [2.24, 2.45) is 0 Å². The monoisotopic (exact) mass is 426 g/mol. The molecule has 1 atom stereocenters. The van der Waals surface area contributed by atoms with E-state index in [1.165, 1.54) is 17.7 Å². The van der Waals surface area contributed by atoms with Crippen LogP contribution in [0.1, 0.15) is 24.8 Å². The lowest BCUT2D eigenvalue weighted by Crippen LogP contribution is -2.51. The molecule has 7 heteroatoms. The Morgan fingerprint density at radius 2 is 1.48 bits per heavy atom. The number of hydrogen-bond acceptors (Lipinski definition) is 4. The predicted molar refractivity (Wildman–Crippen MR) is 120 cm³/mol. The zero-order valence-corrected chi connectivity index (χ0v) is 18.0. The second kappa shape index (κ2) is 11.6. The number of halogens is 1. The minimum Gasteiger partial charge on any atom is -0.354 e.